The number of hydrogen-bond donors (Lipinski definition) is 2. The third-order valence-corrected chi connectivity index (χ3v) is 5.94. The number of anilines is 1. The number of methoxy groups -OCH3 is 1. The smallest absolute Gasteiger partial charge is 0.349 e. The topological polar surface area (TPSA) is 87.3 Å². The lowest BCUT2D eigenvalue weighted by molar-refractivity contribution is 0.0606. The number of H-pyrrole nitrogens is 1. The third kappa shape index (κ3) is 3.61. The molecular weight excluding hydrogens is 387 g/mol. The number of rotatable bonds is 4. The average Bonchev–Trinajstić information content (AvgIpc) is 3.30. The van der Waals surface area contributed by atoms with E-state index >= 15 is 0 Å². The number of carbonyl (C=O) groups excluding carboxylic acids is 2. The lowest BCUT2D eigenvalue weighted by Crippen LogP contribution is -2.37. The van der Waals surface area contributed by atoms with Crippen LogP contribution in [0, 0.1) is 6.92 Å². The standard InChI is InChI=1S/C15H16Cl2N4O3S/c1-7-10(16)11(17)12(19-7)13(22)20-8-3-4-21(6-8)15-18-5-9(25-15)14(23)24-2/h5,8,19H,3-4,6H2,1-2H3,(H,20,22)/t8-/m1/s1. The number of esters is 1. The molecule has 0 saturated carbocycles. The minimum absolute atomic E-state index is 0.0450. The van der Waals surface area contributed by atoms with E-state index in [1.165, 1.54) is 24.6 Å². The van der Waals surface area contributed by atoms with Crippen molar-refractivity contribution in [1.82, 2.24) is 15.3 Å². The number of halogens is 2. The van der Waals surface area contributed by atoms with Crippen molar-refractivity contribution in [2.75, 3.05) is 25.1 Å². The molecule has 2 N–H and O–H groups in total. The van der Waals surface area contributed by atoms with E-state index in [4.69, 9.17) is 23.2 Å². The second kappa shape index (κ2) is 7.23. The van der Waals surface area contributed by atoms with Gasteiger partial charge in [-0.3, -0.25) is 4.79 Å². The fraction of sp³-hybridized carbons (Fsp3) is 0.400. The van der Waals surface area contributed by atoms with Gasteiger partial charge < -0.3 is 19.9 Å². The Morgan fingerprint density at radius 2 is 2.20 bits per heavy atom. The monoisotopic (exact) mass is 402 g/mol. The zero-order valence-electron chi connectivity index (χ0n) is 13.6. The maximum Gasteiger partial charge on any atom is 0.349 e. The molecule has 2 aromatic rings. The summed E-state index contributed by atoms with van der Waals surface area (Å²) < 4.78 is 4.69. The first kappa shape index (κ1) is 18.0. The first-order valence-corrected chi connectivity index (χ1v) is 9.11. The Morgan fingerprint density at radius 1 is 1.44 bits per heavy atom. The number of ether oxygens (including phenoxy) is 1. The molecule has 0 spiro atoms. The molecule has 134 valence electrons. The van der Waals surface area contributed by atoms with Crippen molar-refractivity contribution in [3.05, 3.63) is 32.5 Å². The van der Waals surface area contributed by atoms with Crippen LogP contribution in [0.15, 0.2) is 6.20 Å². The molecule has 0 radical (unpaired) electrons. The molecule has 0 bridgehead atoms. The number of thiazole rings is 1. The Hall–Kier alpha value is -1.77. The second-order valence-corrected chi connectivity index (χ2v) is 7.42. The van der Waals surface area contributed by atoms with Gasteiger partial charge in [0.25, 0.3) is 5.91 Å². The van der Waals surface area contributed by atoms with E-state index in [0.717, 1.165) is 18.1 Å². The van der Waals surface area contributed by atoms with Crippen molar-refractivity contribution in [2.45, 2.75) is 19.4 Å². The van der Waals surface area contributed by atoms with Gasteiger partial charge in [0.05, 0.1) is 23.4 Å². The first-order chi connectivity index (χ1) is 11.9. The summed E-state index contributed by atoms with van der Waals surface area (Å²) in [5.74, 6) is -0.692. The predicted octanol–water partition coefficient (Wildman–Crippen LogP) is 2.88. The highest BCUT2D eigenvalue weighted by Gasteiger charge is 2.28. The predicted molar refractivity (Wildman–Crippen MR) is 97.1 cm³/mol. The van der Waals surface area contributed by atoms with Gasteiger partial charge in [0.15, 0.2) is 5.13 Å². The van der Waals surface area contributed by atoms with Gasteiger partial charge in [-0.15, -0.1) is 0 Å². The van der Waals surface area contributed by atoms with Gasteiger partial charge in [0.1, 0.15) is 10.6 Å². The molecule has 25 heavy (non-hydrogen) atoms. The Morgan fingerprint density at radius 3 is 2.84 bits per heavy atom. The van der Waals surface area contributed by atoms with Crippen molar-refractivity contribution in [2.24, 2.45) is 0 Å². The largest absolute Gasteiger partial charge is 0.465 e. The summed E-state index contributed by atoms with van der Waals surface area (Å²) in [5, 5.41) is 4.27. The molecule has 7 nitrogen and oxygen atoms in total. The van der Waals surface area contributed by atoms with E-state index in [-0.39, 0.29) is 22.7 Å². The van der Waals surface area contributed by atoms with Gasteiger partial charge in [0.2, 0.25) is 0 Å². The Bertz CT molecular complexity index is 820. The number of nitrogens with one attached hydrogen (secondary N) is 2. The van der Waals surface area contributed by atoms with Crippen LogP contribution in [0.25, 0.3) is 0 Å². The number of aromatic nitrogens is 2. The van der Waals surface area contributed by atoms with E-state index in [1.54, 1.807) is 6.92 Å². The quantitative estimate of drug-likeness (QED) is 0.767. The van der Waals surface area contributed by atoms with Gasteiger partial charge in [-0.25, -0.2) is 9.78 Å². The Labute approximate surface area is 158 Å². The molecule has 1 aliphatic rings. The van der Waals surface area contributed by atoms with E-state index in [1.807, 2.05) is 4.90 Å². The number of nitrogens with zero attached hydrogens (tertiary/aromatic N) is 2. The highest BCUT2D eigenvalue weighted by atomic mass is 35.5. The highest BCUT2D eigenvalue weighted by Crippen LogP contribution is 2.30. The lowest BCUT2D eigenvalue weighted by atomic mass is 10.2. The molecule has 2 aromatic heterocycles. The SMILES string of the molecule is COC(=O)c1cnc(N2CC[C@@H](NC(=O)c3[nH]c(C)c(Cl)c3Cl)C2)s1. The molecule has 0 unspecified atom stereocenters. The lowest BCUT2D eigenvalue weighted by Gasteiger charge is -2.15. The summed E-state index contributed by atoms with van der Waals surface area (Å²) in [6, 6.07) is -0.0450. The fourth-order valence-corrected chi connectivity index (χ4v) is 3.93. The van der Waals surface area contributed by atoms with Gasteiger partial charge in [-0.2, -0.15) is 0 Å². The van der Waals surface area contributed by atoms with Crippen LogP contribution in [-0.4, -0.2) is 48.1 Å². The van der Waals surface area contributed by atoms with Crippen LogP contribution < -0.4 is 10.2 Å². The summed E-state index contributed by atoms with van der Waals surface area (Å²) in [6.07, 6.45) is 2.27. The molecule has 10 heteroatoms. The highest BCUT2D eigenvalue weighted by molar-refractivity contribution is 7.17. The molecule has 1 fully saturated rings. The van der Waals surface area contributed by atoms with Crippen molar-refractivity contribution < 1.29 is 14.3 Å². The molecule has 1 amide bonds. The van der Waals surface area contributed by atoms with Gasteiger partial charge in [-0.05, 0) is 13.3 Å². The van der Waals surface area contributed by atoms with Crippen LogP contribution in [-0.2, 0) is 4.74 Å². The van der Waals surface area contributed by atoms with E-state index in [2.05, 4.69) is 20.0 Å². The van der Waals surface area contributed by atoms with Crippen LogP contribution in [0.4, 0.5) is 5.13 Å². The second-order valence-electron chi connectivity index (χ2n) is 5.66. The van der Waals surface area contributed by atoms with E-state index < -0.39 is 5.97 Å². The van der Waals surface area contributed by atoms with Crippen LogP contribution in [0.2, 0.25) is 10.0 Å². The maximum absolute atomic E-state index is 12.4. The molecular formula is C15H16Cl2N4O3S. The van der Waals surface area contributed by atoms with Crippen molar-refractivity contribution in [1.29, 1.82) is 0 Å². The molecule has 0 aromatic carbocycles. The molecule has 3 heterocycles. The van der Waals surface area contributed by atoms with Crippen LogP contribution in [0.1, 0.15) is 32.3 Å². The van der Waals surface area contributed by atoms with Crippen molar-refractivity contribution in [3.8, 4) is 0 Å². The molecule has 1 saturated heterocycles. The van der Waals surface area contributed by atoms with Crippen LogP contribution >= 0.6 is 34.5 Å². The molecule has 1 aliphatic heterocycles. The van der Waals surface area contributed by atoms with Gasteiger partial charge in [-0.1, -0.05) is 34.5 Å². The zero-order chi connectivity index (χ0) is 18.1. The summed E-state index contributed by atoms with van der Waals surface area (Å²) in [6.45, 7) is 3.09. The minimum Gasteiger partial charge on any atom is -0.465 e. The summed E-state index contributed by atoms with van der Waals surface area (Å²) in [4.78, 5) is 33.5. The van der Waals surface area contributed by atoms with E-state index in [0.29, 0.717) is 22.1 Å². The zero-order valence-corrected chi connectivity index (χ0v) is 15.9. The fourth-order valence-electron chi connectivity index (χ4n) is 2.64. The average molecular weight is 403 g/mol. The molecule has 1 atom stereocenters. The summed E-state index contributed by atoms with van der Waals surface area (Å²) in [5.41, 5.74) is 0.924. The van der Waals surface area contributed by atoms with Crippen LogP contribution in [0.5, 0.6) is 0 Å². The van der Waals surface area contributed by atoms with Crippen molar-refractivity contribution >= 4 is 51.5 Å². The first-order valence-electron chi connectivity index (χ1n) is 7.54. The van der Waals surface area contributed by atoms with Gasteiger partial charge >= 0.3 is 5.97 Å². The van der Waals surface area contributed by atoms with Crippen molar-refractivity contribution in [3.63, 3.8) is 0 Å². The Balaban J connectivity index is 1.63. The number of amides is 1. The molecule has 3 rings (SSSR count). The number of hydrogen-bond acceptors (Lipinski definition) is 6. The summed E-state index contributed by atoms with van der Waals surface area (Å²) >= 11 is 13.4. The minimum atomic E-state index is -0.401. The molecule has 0 aliphatic carbocycles. The third-order valence-electron chi connectivity index (χ3n) is 3.96. The number of aryl methyl sites for hydroxylation is 1. The summed E-state index contributed by atoms with van der Waals surface area (Å²) in [7, 11) is 1.34. The van der Waals surface area contributed by atoms with Crippen LogP contribution in [0.3, 0.4) is 0 Å². The Kier molecular flexibility index (Phi) is 5.21. The number of aromatic amines is 1. The van der Waals surface area contributed by atoms with E-state index in [9.17, 15) is 9.59 Å². The van der Waals surface area contributed by atoms with Gasteiger partial charge in [0, 0.05) is 24.8 Å². The normalized spacial score (nSPS) is 17.0. The number of carbonyl (C=O) groups is 2. The maximum atomic E-state index is 12.4.